The summed E-state index contributed by atoms with van der Waals surface area (Å²) in [6.45, 7) is 6.64. The maximum absolute atomic E-state index is 10.6. The standard InChI is InChI=1S/C10H18ClNO2/c1-10(2,7-12-9(11)13)8-3-5-14-6-4-8/h8H,3-7H2,1-2H3,(H,12,13). The van der Waals surface area contributed by atoms with Gasteiger partial charge in [0.25, 0.3) is 0 Å². The number of hydrogen-bond donors (Lipinski definition) is 1. The summed E-state index contributed by atoms with van der Waals surface area (Å²) in [5.41, 5.74) is 0.105. The van der Waals surface area contributed by atoms with Gasteiger partial charge in [-0.3, -0.25) is 4.79 Å². The van der Waals surface area contributed by atoms with E-state index in [0.29, 0.717) is 12.5 Å². The fourth-order valence-electron chi connectivity index (χ4n) is 1.92. The average molecular weight is 220 g/mol. The number of carbonyl (C=O) groups is 1. The summed E-state index contributed by atoms with van der Waals surface area (Å²) in [6, 6.07) is 0. The summed E-state index contributed by atoms with van der Waals surface area (Å²) in [5, 5.41) is 2.20. The van der Waals surface area contributed by atoms with Gasteiger partial charge in [-0.05, 0) is 35.8 Å². The first-order valence-electron chi connectivity index (χ1n) is 5.03. The quantitative estimate of drug-likeness (QED) is 0.585. The van der Waals surface area contributed by atoms with E-state index in [0.717, 1.165) is 26.1 Å². The van der Waals surface area contributed by atoms with Gasteiger partial charge in [0.05, 0.1) is 0 Å². The van der Waals surface area contributed by atoms with Crippen molar-refractivity contribution in [2.24, 2.45) is 11.3 Å². The van der Waals surface area contributed by atoms with Crippen molar-refractivity contribution >= 4 is 17.0 Å². The van der Waals surface area contributed by atoms with Crippen LogP contribution in [0.4, 0.5) is 4.79 Å². The van der Waals surface area contributed by atoms with Crippen molar-refractivity contribution in [2.45, 2.75) is 26.7 Å². The first-order chi connectivity index (χ1) is 6.52. The molecule has 82 valence electrons. The van der Waals surface area contributed by atoms with Crippen molar-refractivity contribution in [1.82, 2.24) is 5.32 Å². The van der Waals surface area contributed by atoms with Gasteiger partial charge >= 0.3 is 5.37 Å². The molecule has 0 saturated carbocycles. The van der Waals surface area contributed by atoms with Gasteiger partial charge in [-0.15, -0.1) is 0 Å². The molecule has 0 unspecified atom stereocenters. The normalized spacial score (nSPS) is 19.4. The van der Waals surface area contributed by atoms with Gasteiger partial charge in [0.15, 0.2) is 0 Å². The van der Waals surface area contributed by atoms with Crippen LogP contribution in [-0.2, 0) is 4.74 Å². The molecule has 0 aliphatic carbocycles. The smallest absolute Gasteiger partial charge is 0.313 e. The molecule has 1 N–H and O–H groups in total. The molecular weight excluding hydrogens is 202 g/mol. The summed E-state index contributed by atoms with van der Waals surface area (Å²) in [6.07, 6.45) is 2.15. The van der Waals surface area contributed by atoms with E-state index in [1.54, 1.807) is 0 Å². The zero-order valence-electron chi connectivity index (χ0n) is 8.81. The molecule has 1 saturated heterocycles. The van der Waals surface area contributed by atoms with E-state index in [1.165, 1.54) is 0 Å². The van der Waals surface area contributed by atoms with Gasteiger partial charge in [0, 0.05) is 19.8 Å². The monoisotopic (exact) mass is 219 g/mol. The van der Waals surface area contributed by atoms with Crippen molar-refractivity contribution < 1.29 is 9.53 Å². The van der Waals surface area contributed by atoms with Crippen LogP contribution < -0.4 is 5.32 Å². The number of amides is 1. The molecule has 0 aromatic heterocycles. The Kier molecular flexibility index (Phi) is 4.20. The van der Waals surface area contributed by atoms with Crippen molar-refractivity contribution in [3.05, 3.63) is 0 Å². The SMILES string of the molecule is CC(C)(CNC(=O)Cl)C1CCOCC1. The maximum atomic E-state index is 10.6. The first-order valence-corrected chi connectivity index (χ1v) is 5.41. The molecule has 4 heteroatoms. The summed E-state index contributed by atoms with van der Waals surface area (Å²) in [4.78, 5) is 10.6. The molecule has 1 aliphatic rings. The molecule has 1 heterocycles. The second-order valence-corrected chi connectivity index (χ2v) is 4.85. The Morgan fingerprint density at radius 1 is 1.50 bits per heavy atom. The number of halogens is 1. The lowest BCUT2D eigenvalue weighted by Crippen LogP contribution is -2.39. The number of hydrogen-bond acceptors (Lipinski definition) is 2. The van der Waals surface area contributed by atoms with Crippen molar-refractivity contribution in [1.29, 1.82) is 0 Å². The number of nitrogens with one attached hydrogen (secondary N) is 1. The Hall–Kier alpha value is -0.280. The number of rotatable bonds is 3. The summed E-state index contributed by atoms with van der Waals surface area (Å²) >= 11 is 5.25. The summed E-state index contributed by atoms with van der Waals surface area (Å²) in [5.74, 6) is 0.611. The predicted octanol–water partition coefficient (Wildman–Crippen LogP) is 2.39. The van der Waals surface area contributed by atoms with Gasteiger partial charge in [-0.1, -0.05) is 13.8 Å². The molecule has 0 bridgehead atoms. The van der Waals surface area contributed by atoms with Crippen molar-refractivity contribution in [3.63, 3.8) is 0 Å². The van der Waals surface area contributed by atoms with Crippen LogP contribution in [0.2, 0.25) is 0 Å². The van der Waals surface area contributed by atoms with E-state index in [1.807, 2.05) is 0 Å². The minimum Gasteiger partial charge on any atom is -0.381 e. The second kappa shape index (κ2) is 4.99. The van der Waals surface area contributed by atoms with Crippen LogP contribution in [0, 0.1) is 11.3 Å². The Balaban J connectivity index is 2.41. The average Bonchev–Trinajstić information content (AvgIpc) is 2.16. The molecule has 0 aromatic carbocycles. The minimum absolute atomic E-state index is 0.105. The van der Waals surface area contributed by atoms with E-state index < -0.39 is 5.37 Å². The van der Waals surface area contributed by atoms with Crippen LogP contribution in [0.25, 0.3) is 0 Å². The van der Waals surface area contributed by atoms with Crippen molar-refractivity contribution in [2.75, 3.05) is 19.8 Å². The van der Waals surface area contributed by atoms with Gasteiger partial charge < -0.3 is 10.1 Å². The summed E-state index contributed by atoms with van der Waals surface area (Å²) < 4.78 is 5.31. The van der Waals surface area contributed by atoms with E-state index in [9.17, 15) is 4.79 Å². The van der Waals surface area contributed by atoms with E-state index in [-0.39, 0.29) is 5.41 Å². The van der Waals surface area contributed by atoms with Gasteiger partial charge in [-0.25, -0.2) is 0 Å². The molecular formula is C10H18ClNO2. The van der Waals surface area contributed by atoms with Crippen LogP contribution in [0.5, 0.6) is 0 Å². The molecule has 1 amide bonds. The third-order valence-electron chi connectivity index (χ3n) is 3.01. The van der Waals surface area contributed by atoms with Crippen LogP contribution >= 0.6 is 11.6 Å². The van der Waals surface area contributed by atoms with E-state index in [4.69, 9.17) is 16.3 Å². The second-order valence-electron chi connectivity index (χ2n) is 4.50. The molecule has 0 spiro atoms. The Morgan fingerprint density at radius 2 is 2.07 bits per heavy atom. The molecule has 14 heavy (non-hydrogen) atoms. The fourth-order valence-corrected chi connectivity index (χ4v) is 1.99. The fraction of sp³-hybridized carbons (Fsp3) is 0.900. The Bertz CT molecular complexity index is 200. The molecule has 1 aliphatic heterocycles. The number of ether oxygens (including phenoxy) is 1. The van der Waals surface area contributed by atoms with Crippen LogP contribution in [0.1, 0.15) is 26.7 Å². The molecule has 0 atom stereocenters. The highest BCUT2D eigenvalue weighted by Gasteiger charge is 2.30. The first kappa shape index (κ1) is 11.8. The van der Waals surface area contributed by atoms with Gasteiger partial charge in [0.1, 0.15) is 0 Å². The molecule has 0 radical (unpaired) electrons. The lowest BCUT2D eigenvalue weighted by atomic mass is 9.74. The van der Waals surface area contributed by atoms with Crippen LogP contribution in [0.3, 0.4) is 0 Å². The largest absolute Gasteiger partial charge is 0.381 e. The molecule has 1 rings (SSSR count). The third kappa shape index (κ3) is 3.46. The van der Waals surface area contributed by atoms with Crippen LogP contribution in [-0.4, -0.2) is 25.1 Å². The predicted molar refractivity (Wildman–Crippen MR) is 56.6 cm³/mol. The van der Waals surface area contributed by atoms with E-state index >= 15 is 0 Å². The number of carbonyl (C=O) groups excluding carboxylic acids is 1. The highest BCUT2D eigenvalue weighted by Crippen LogP contribution is 2.33. The lowest BCUT2D eigenvalue weighted by molar-refractivity contribution is 0.0239. The third-order valence-corrected chi connectivity index (χ3v) is 3.14. The Morgan fingerprint density at radius 3 is 2.57 bits per heavy atom. The van der Waals surface area contributed by atoms with Crippen LogP contribution in [0.15, 0.2) is 0 Å². The molecule has 3 nitrogen and oxygen atoms in total. The highest BCUT2D eigenvalue weighted by molar-refractivity contribution is 6.62. The zero-order valence-corrected chi connectivity index (χ0v) is 9.56. The zero-order chi connectivity index (χ0) is 10.6. The Labute approximate surface area is 90.1 Å². The van der Waals surface area contributed by atoms with E-state index in [2.05, 4.69) is 19.2 Å². The summed E-state index contributed by atoms with van der Waals surface area (Å²) in [7, 11) is 0. The highest BCUT2D eigenvalue weighted by atomic mass is 35.5. The lowest BCUT2D eigenvalue weighted by Gasteiger charge is -2.36. The topological polar surface area (TPSA) is 38.3 Å². The molecule has 0 aromatic rings. The maximum Gasteiger partial charge on any atom is 0.313 e. The molecule has 1 fully saturated rings. The minimum atomic E-state index is -0.467. The van der Waals surface area contributed by atoms with Crippen molar-refractivity contribution in [3.8, 4) is 0 Å². The van der Waals surface area contributed by atoms with Gasteiger partial charge in [-0.2, -0.15) is 0 Å². The van der Waals surface area contributed by atoms with Gasteiger partial charge in [0.2, 0.25) is 0 Å².